The molecule has 3 nitrogen and oxygen atoms in total. The van der Waals surface area contributed by atoms with Crippen LogP contribution in [-0.2, 0) is 0 Å². The number of anilines is 1. The fraction of sp³-hybridized carbons (Fsp3) is 0.375. The number of para-hydroxylation sites is 1. The summed E-state index contributed by atoms with van der Waals surface area (Å²) in [5.74, 6) is 0.763. The van der Waals surface area contributed by atoms with E-state index in [-0.39, 0.29) is 11.5 Å². The molecule has 3 N–H and O–H groups in total. The minimum atomic E-state index is 0.126. The summed E-state index contributed by atoms with van der Waals surface area (Å²) in [6.45, 7) is 8.70. The first-order valence-electron chi connectivity index (χ1n) is 6.75. The number of benzene rings is 1. The first-order valence-corrected chi connectivity index (χ1v) is 7.16. The van der Waals surface area contributed by atoms with Crippen LogP contribution in [0.15, 0.2) is 30.3 Å². The molecule has 20 heavy (non-hydrogen) atoms. The zero-order valence-electron chi connectivity index (χ0n) is 12.4. The molecule has 4 heteroatoms. The van der Waals surface area contributed by atoms with Crippen LogP contribution in [-0.4, -0.2) is 16.0 Å². The molecule has 0 amide bonds. The van der Waals surface area contributed by atoms with Crippen molar-refractivity contribution < 1.29 is 0 Å². The Labute approximate surface area is 125 Å². The molecule has 0 saturated heterocycles. The molecule has 0 spiro atoms. The lowest BCUT2D eigenvalue weighted by molar-refractivity contribution is 0.359. The summed E-state index contributed by atoms with van der Waals surface area (Å²) in [4.78, 5) is 5.04. The summed E-state index contributed by atoms with van der Waals surface area (Å²) in [5.41, 5.74) is 7.71. The lowest BCUT2D eigenvalue weighted by Gasteiger charge is -2.29. The van der Waals surface area contributed by atoms with Gasteiger partial charge in [0.05, 0.1) is 11.1 Å². The number of pyridine rings is 1. The lowest BCUT2D eigenvalue weighted by atomic mass is 9.88. The average molecular weight is 287 g/mol. The second kappa shape index (κ2) is 5.37. The van der Waals surface area contributed by atoms with Crippen LogP contribution in [0.4, 0.5) is 5.82 Å². The molecule has 0 bridgehead atoms. The summed E-state index contributed by atoms with van der Waals surface area (Å²) in [5, 5.41) is 4.49. The summed E-state index contributed by atoms with van der Waals surface area (Å²) in [6.07, 6.45) is 0. The van der Waals surface area contributed by atoms with E-state index in [1.807, 2.05) is 30.3 Å². The van der Waals surface area contributed by atoms with Gasteiger partial charge in [-0.2, -0.15) is 0 Å². The highest BCUT2D eigenvalue weighted by molar-refractivity contribution is 7.80. The highest BCUT2D eigenvalue weighted by atomic mass is 32.1. The van der Waals surface area contributed by atoms with Gasteiger partial charge in [-0.15, -0.1) is 0 Å². The molecule has 0 saturated carbocycles. The first kappa shape index (κ1) is 14.7. The Kier molecular flexibility index (Phi) is 3.95. The van der Waals surface area contributed by atoms with Gasteiger partial charge in [-0.1, -0.05) is 51.2 Å². The standard InChI is InChI=1S/C16H21N3S/c1-10(16(2,3)4)18-15-12(14(17)20)9-11-7-5-6-8-13(11)19-15/h5-10H,1-4H3,(H2,17,20)(H,18,19). The number of rotatable bonds is 3. The number of fused-ring (bicyclic) bond motifs is 1. The van der Waals surface area contributed by atoms with Crippen molar-refractivity contribution in [2.75, 3.05) is 5.32 Å². The Bertz CT molecular complexity index is 644. The number of hydrogen-bond acceptors (Lipinski definition) is 3. The fourth-order valence-electron chi connectivity index (χ4n) is 1.84. The number of nitrogens with zero attached hydrogens (tertiary/aromatic N) is 1. The van der Waals surface area contributed by atoms with Gasteiger partial charge in [0.15, 0.2) is 0 Å². The molecule has 0 aliphatic rings. The van der Waals surface area contributed by atoms with Gasteiger partial charge in [0.25, 0.3) is 0 Å². The Morgan fingerprint density at radius 1 is 1.30 bits per heavy atom. The van der Waals surface area contributed by atoms with Crippen LogP contribution < -0.4 is 11.1 Å². The van der Waals surface area contributed by atoms with Crippen LogP contribution in [0.25, 0.3) is 10.9 Å². The number of thiocarbonyl (C=S) groups is 1. The maximum atomic E-state index is 5.84. The molecule has 1 aromatic carbocycles. The van der Waals surface area contributed by atoms with E-state index in [9.17, 15) is 0 Å². The quantitative estimate of drug-likeness (QED) is 0.845. The molecule has 0 aliphatic carbocycles. The van der Waals surface area contributed by atoms with E-state index in [0.29, 0.717) is 4.99 Å². The maximum Gasteiger partial charge on any atom is 0.137 e. The third kappa shape index (κ3) is 3.07. The molecule has 2 rings (SSSR count). The maximum absolute atomic E-state index is 5.84. The summed E-state index contributed by atoms with van der Waals surface area (Å²) in [6, 6.07) is 10.2. The minimum absolute atomic E-state index is 0.126. The van der Waals surface area contributed by atoms with Crippen LogP contribution in [0.2, 0.25) is 0 Å². The zero-order valence-corrected chi connectivity index (χ0v) is 13.2. The highest BCUT2D eigenvalue weighted by Crippen LogP contribution is 2.26. The Morgan fingerprint density at radius 2 is 1.95 bits per heavy atom. The van der Waals surface area contributed by atoms with Crippen molar-refractivity contribution in [3.63, 3.8) is 0 Å². The number of nitrogens with one attached hydrogen (secondary N) is 1. The van der Waals surface area contributed by atoms with Gasteiger partial charge in [0.2, 0.25) is 0 Å². The Balaban J connectivity index is 2.50. The van der Waals surface area contributed by atoms with Crippen LogP contribution in [0.3, 0.4) is 0 Å². The summed E-state index contributed by atoms with van der Waals surface area (Å²) < 4.78 is 0. The van der Waals surface area contributed by atoms with Crippen molar-refractivity contribution in [2.24, 2.45) is 11.1 Å². The largest absolute Gasteiger partial charge is 0.389 e. The molecule has 1 atom stereocenters. The molecule has 1 unspecified atom stereocenters. The van der Waals surface area contributed by atoms with Crippen molar-refractivity contribution >= 4 is 33.9 Å². The Hall–Kier alpha value is -1.68. The van der Waals surface area contributed by atoms with Crippen LogP contribution in [0.5, 0.6) is 0 Å². The van der Waals surface area contributed by atoms with Gasteiger partial charge in [-0.25, -0.2) is 4.98 Å². The molecular formula is C16H21N3S. The molecule has 1 heterocycles. The van der Waals surface area contributed by atoms with Crippen molar-refractivity contribution in [3.8, 4) is 0 Å². The van der Waals surface area contributed by atoms with Gasteiger partial charge < -0.3 is 11.1 Å². The van der Waals surface area contributed by atoms with E-state index in [1.54, 1.807) is 0 Å². The van der Waals surface area contributed by atoms with E-state index in [4.69, 9.17) is 18.0 Å². The summed E-state index contributed by atoms with van der Waals surface area (Å²) in [7, 11) is 0. The van der Waals surface area contributed by atoms with E-state index in [0.717, 1.165) is 22.3 Å². The molecule has 0 radical (unpaired) electrons. The monoisotopic (exact) mass is 287 g/mol. The Morgan fingerprint density at radius 3 is 2.55 bits per heavy atom. The van der Waals surface area contributed by atoms with Crippen LogP contribution in [0, 0.1) is 5.41 Å². The van der Waals surface area contributed by atoms with Gasteiger partial charge >= 0.3 is 0 Å². The van der Waals surface area contributed by atoms with Crippen molar-refractivity contribution in [2.45, 2.75) is 33.7 Å². The van der Waals surface area contributed by atoms with E-state index in [1.165, 1.54) is 0 Å². The van der Waals surface area contributed by atoms with Crippen molar-refractivity contribution in [1.29, 1.82) is 0 Å². The fourth-order valence-corrected chi connectivity index (χ4v) is 1.99. The molecule has 0 aliphatic heterocycles. The predicted molar refractivity (Wildman–Crippen MR) is 90.2 cm³/mol. The predicted octanol–water partition coefficient (Wildman–Crippen LogP) is 3.72. The lowest BCUT2D eigenvalue weighted by Crippen LogP contribution is -2.32. The van der Waals surface area contributed by atoms with Crippen LogP contribution >= 0.6 is 12.2 Å². The second-order valence-electron chi connectivity index (χ2n) is 6.17. The first-order chi connectivity index (χ1) is 9.29. The number of nitrogens with two attached hydrogens (primary N) is 1. The van der Waals surface area contributed by atoms with E-state index in [2.05, 4.69) is 38.0 Å². The van der Waals surface area contributed by atoms with Gasteiger partial charge in [0, 0.05) is 11.4 Å². The SMILES string of the molecule is CC(Nc1nc2ccccc2cc1C(N)=S)C(C)(C)C. The van der Waals surface area contributed by atoms with E-state index >= 15 is 0 Å². The number of hydrogen-bond donors (Lipinski definition) is 2. The normalized spacial score (nSPS) is 13.2. The van der Waals surface area contributed by atoms with Gasteiger partial charge in [-0.3, -0.25) is 0 Å². The minimum Gasteiger partial charge on any atom is -0.389 e. The second-order valence-corrected chi connectivity index (χ2v) is 6.61. The average Bonchev–Trinajstić information content (AvgIpc) is 2.36. The molecular weight excluding hydrogens is 266 g/mol. The van der Waals surface area contributed by atoms with Gasteiger partial charge in [0.1, 0.15) is 10.8 Å². The molecule has 0 fully saturated rings. The zero-order chi connectivity index (χ0) is 14.9. The third-order valence-electron chi connectivity index (χ3n) is 3.64. The van der Waals surface area contributed by atoms with Crippen molar-refractivity contribution in [3.05, 3.63) is 35.9 Å². The van der Waals surface area contributed by atoms with Crippen molar-refractivity contribution in [1.82, 2.24) is 4.98 Å². The van der Waals surface area contributed by atoms with E-state index < -0.39 is 0 Å². The topological polar surface area (TPSA) is 50.9 Å². The highest BCUT2D eigenvalue weighted by Gasteiger charge is 2.21. The van der Waals surface area contributed by atoms with Crippen LogP contribution in [0.1, 0.15) is 33.3 Å². The molecule has 1 aromatic heterocycles. The smallest absolute Gasteiger partial charge is 0.137 e. The summed E-state index contributed by atoms with van der Waals surface area (Å²) >= 11 is 5.16. The van der Waals surface area contributed by atoms with Gasteiger partial charge in [-0.05, 0) is 24.5 Å². The molecule has 106 valence electrons. The number of aromatic nitrogens is 1. The third-order valence-corrected chi connectivity index (χ3v) is 3.86. The molecule has 2 aromatic rings.